The summed E-state index contributed by atoms with van der Waals surface area (Å²) in [5, 5.41) is 0.652. The SMILES string of the molecule is C=C(C)SC(=C)Oc1ccccc1. The molecular formula is C11H12OS. The fourth-order valence-electron chi connectivity index (χ4n) is 0.835. The van der Waals surface area contributed by atoms with Gasteiger partial charge in [0.05, 0.1) is 0 Å². The molecule has 0 heterocycles. The monoisotopic (exact) mass is 192 g/mol. The molecule has 68 valence electrons. The van der Waals surface area contributed by atoms with Gasteiger partial charge < -0.3 is 4.74 Å². The molecule has 0 unspecified atom stereocenters. The van der Waals surface area contributed by atoms with Crippen LogP contribution in [0.25, 0.3) is 0 Å². The molecule has 1 rings (SSSR count). The Hall–Kier alpha value is -1.15. The molecule has 0 spiro atoms. The molecule has 0 aliphatic rings. The maximum Gasteiger partial charge on any atom is 0.158 e. The third kappa shape index (κ3) is 3.85. The van der Waals surface area contributed by atoms with Crippen LogP contribution >= 0.6 is 11.8 Å². The Morgan fingerprint density at radius 3 is 2.38 bits per heavy atom. The van der Waals surface area contributed by atoms with E-state index in [0.29, 0.717) is 5.09 Å². The Morgan fingerprint density at radius 2 is 1.85 bits per heavy atom. The lowest BCUT2D eigenvalue weighted by Gasteiger charge is -2.06. The zero-order valence-electron chi connectivity index (χ0n) is 7.62. The summed E-state index contributed by atoms with van der Waals surface area (Å²) in [6, 6.07) is 9.58. The van der Waals surface area contributed by atoms with Crippen LogP contribution in [0.2, 0.25) is 0 Å². The van der Waals surface area contributed by atoms with Crippen LogP contribution in [0, 0.1) is 0 Å². The quantitative estimate of drug-likeness (QED) is 0.671. The molecule has 0 radical (unpaired) electrons. The van der Waals surface area contributed by atoms with Gasteiger partial charge in [-0.1, -0.05) is 36.5 Å². The van der Waals surface area contributed by atoms with Crippen molar-refractivity contribution in [1.29, 1.82) is 0 Å². The predicted molar refractivity (Wildman–Crippen MR) is 58.6 cm³/mol. The molecule has 0 atom stereocenters. The third-order valence-electron chi connectivity index (χ3n) is 1.26. The van der Waals surface area contributed by atoms with Gasteiger partial charge in [0.1, 0.15) is 5.75 Å². The second-order valence-corrected chi connectivity index (χ2v) is 3.95. The molecule has 0 aliphatic heterocycles. The van der Waals surface area contributed by atoms with Crippen LogP contribution in [0.4, 0.5) is 0 Å². The minimum atomic E-state index is 0.652. The molecule has 13 heavy (non-hydrogen) atoms. The summed E-state index contributed by atoms with van der Waals surface area (Å²) in [7, 11) is 0. The van der Waals surface area contributed by atoms with Crippen LogP contribution in [0.15, 0.2) is 53.5 Å². The minimum Gasteiger partial charge on any atom is -0.451 e. The van der Waals surface area contributed by atoms with E-state index in [1.54, 1.807) is 0 Å². The number of benzene rings is 1. The van der Waals surface area contributed by atoms with Crippen molar-refractivity contribution in [2.75, 3.05) is 0 Å². The molecule has 0 aliphatic carbocycles. The Morgan fingerprint density at radius 1 is 1.23 bits per heavy atom. The van der Waals surface area contributed by atoms with Gasteiger partial charge in [0.25, 0.3) is 0 Å². The van der Waals surface area contributed by atoms with Crippen LogP contribution in [0.1, 0.15) is 6.92 Å². The van der Waals surface area contributed by atoms with E-state index in [-0.39, 0.29) is 0 Å². The summed E-state index contributed by atoms with van der Waals surface area (Å²) in [6.07, 6.45) is 0. The number of hydrogen-bond donors (Lipinski definition) is 0. The molecule has 1 aromatic rings. The number of hydrogen-bond acceptors (Lipinski definition) is 2. The first-order valence-corrected chi connectivity index (χ1v) is 4.75. The van der Waals surface area contributed by atoms with Gasteiger partial charge in [0.15, 0.2) is 5.09 Å². The maximum absolute atomic E-state index is 5.43. The lowest BCUT2D eigenvalue weighted by molar-refractivity contribution is 0.469. The lowest BCUT2D eigenvalue weighted by atomic mass is 10.3. The minimum absolute atomic E-state index is 0.652. The Labute approximate surface area is 83.1 Å². The van der Waals surface area contributed by atoms with Crippen LogP contribution < -0.4 is 4.74 Å². The summed E-state index contributed by atoms with van der Waals surface area (Å²) in [4.78, 5) is 0.973. The van der Waals surface area contributed by atoms with Gasteiger partial charge in [-0.2, -0.15) is 0 Å². The number of thioether (sulfide) groups is 1. The van der Waals surface area contributed by atoms with Crippen LogP contribution in [0.3, 0.4) is 0 Å². The molecule has 1 aromatic carbocycles. The summed E-state index contributed by atoms with van der Waals surface area (Å²) < 4.78 is 5.43. The van der Waals surface area contributed by atoms with Crippen LogP contribution in [-0.4, -0.2) is 0 Å². The van der Waals surface area contributed by atoms with Crippen molar-refractivity contribution < 1.29 is 4.74 Å². The predicted octanol–water partition coefficient (Wildman–Crippen LogP) is 3.80. The highest BCUT2D eigenvalue weighted by Crippen LogP contribution is 2.24. The van der Waals surface area contributed by atoms with E-state index in [4.69, 9.17) is 4.74 Å². The highest BCUT2D eigenvalue weighted by molar-refractivity contribution is 8.06. The van der Waals surface area contributed by atoms with Crippen molar-refractivity contribution >= 4 is 11.8 Å². The summed E-state index contributed by atoms with van der Waals surface area (Å²) in [5.74, 6) is 0.807. The molecule has 0 bridgehead atoms. The van der Waals surface area contributed by atoms with E-state index in [2.05, 4.69) is 13.2 Å². The first kappa shape index (κ1) is 9.93. The Kier molecular flexibility index (Phi) is 3.65. The number of allylic oxidation sites excluding steroid dienone is 1. The van der Waals surface area contributed by atoms with Gasteiger partial charge >= 0.3 is 0 Å². The highest BCUT2D eigenvalue weighted by Gasteiger charge is 1.97. The average Bonchev–Trinajstić information content (AvgIpc) is 2.04. The van der Waals surface area contributed by atoms with Crippen molar-refractivity contribution in [1.82, 2.24) is 0 Å². The molecule has 0 saturated carbocycles. The Bertz CT molecular complexity index is 303. The van der Waals surface area contributed by atoms with Crippen LogP contribution in [-0.2, 0) is 0 Å². The summed E-state index contributed by atoms with van der Waals surface area (Å²) in [5.41, 5.74) is 0. The van der Waals surface area contributed by atoms with Crippen LogP contribution in [0.5, 0.6) is 5.75 Å². The summed E-state index contributed by atoms with van der Waals surface area (Å²) in [6.45, 7) is 9.45. The normalized spacial score (nSPS) is 9.31. The van der Waals surface area contributed by atoms with E-state index in [9.17, 15) is 0 Å². The molecule has 0 saturated heterocycles. The van der Waals surface area contributed by atoms with Crippen molar-refractivity contribution in [3.8, 4) is 5.75 Å². The first-order chi connectivity index (χ1) is 6.18. The molecule has 0 fully saturated rings. The molecule has 0 aromatic heterocycles. The molecule has 0 N–H and O–H groups in total. The van der Waals surface area contributed by atoms with E-state index in [1.165, 1.54) is 11.8 Å². The second-order valence-electron chi connectivity index (χ2n) is 2.59. The molecule has 0 amide bonds. The lowest BCUT2D eigenvalue weighted by Crippen LogP contribution is -1.88. The van der Waals surface area contributed by atoms with Crippen molar-refractivity contribution in [3.05, 3.63) is 53.5 Å². The maximum atomic E-state index is 5.43. The van der Waals surface area contributed by atoms with Crippen molar-refractivity contribution in [2.45, 2.75) is 6.92 Å². The molecular weight excluding hydrogens is 180 g/mol. The van der Waals surface area contributed by atoms with Gasteiger partial charge in [-0.15, -0.1) is 0 Å². The number of rotatable bonds is 4. The van der Waals surface area contributed by atoms with Crippen molar-refractivity contribution in [3.63, 3.8) is 0 Å². The van der Waals surface area contributed by atoms with E-state index >= 15 is 0 Å². The zero-order chi connectivity index (χ0) is 9.68. The average molecular weight is 192 g/mol. The topological polar surface area (TPSA) is 9.23 Å². The number of ether oxygens (including phenoxy) is 1. The summed E-state index contributed by atoms with van der Waals surface area (Å²) >= 11 is 1.44. The van der Waals surface area contributed by atoms with Gasteiger partial charge in [-0.05, 0) is 30.5 Å². The van der Waals surface area contributed by atoms with E-state index in [1.807, 2.05) is 37.3 Å². The third-order valence-corrected chi connectivity index (χ3v) is 1.92. The van der Waals surface area contributed by atoms with Gasteiger partial charge in [-0.3, -0.25) is 0 Å². The highest BCUT2D eigenvalue weighted by atomic mass is 32.2. The second kappa shape index (κ2) is 4.77. The first-order valence-electron chi connectivity index (χ1n) is 3.93. The van der Waals surface area contributed by atoms with Crippen molar-refractivity contribution in [2.24, 2.45) is 0 Å². The fraction of sp³-hybridized carbons (Fsp3) is 0.0909. The zero-order valence-corrected chi connectivity index (χ0v) is 8.43. The Balaban J connectivity index is 2.50. The van der Waals surface area contributed by atoms with Gasteiger partial charge in [-0.25, -0.2) is 0 Å². The van der Waals surface area contributed by atoms with E-state index < -0.39 is 0 Å². The molecule has 2 heteroatoms. The van der Waals surface area contributed by atoms with E-state index in [0.717, 1.165) is 10.7 Å². The standard InChI is InChI=1S/C11H12OS/c1-9(2)13-10(3)12-11-7-5-4-6-8-11/h4-8H,1,3H2,2H3. The largest absolute Gasteiger partial charge is 0.451 e. The smallest absolute Gasteiger partial charge is 0.158 e. The molecule has 1 nitrogen and oxygen atoms in total. The van der Waals surface area contributed by atoms with Gasteiger partial charge in [0.2, 0.25) is 0 Å². The fourth-order valence-corrected chi connectivity index (χ4v) is 1.36. The number of para-hydroxylation sites is 1. The van der Waals surface area contributed by atoms with Gasteiger partial charge in [0, 0.05) is 0 Å².